The van der Waals surface area contributed by atoms with E-state index in [1.54, 1.807) is 29.3 Å². The third-order valence-electron chi connectivity index (χ3n) is 8.51. The van der Waals surface area contributed by atoms with Crippen LogP contribution in [-0.4, -0.2) is 83.5 Å². The molecular weight excluding hydrogens is 625 g/mol. The Morgan fingerprint density at radius 2 is 1.91 bits per heavy atom. The van der Waals surface area contributed by atoms with Gasteiger partial charge in [0.1, 0.15) is 11.2 Å². The molecule has 4 unspecified atom stereocenters. The molecule has 0 radical (unpaired) electrons. The summed E-state index contributed by atoms with van der Waals surface area (Å²) < 4.78 is 42.1. The number of aryl methyl sites for hydroxylation is 1. The van der Waals surface area contributed by atoms with E-state index < -0.39 is 23.7 Å². The maximum Gasteiger partial charge on any atom is 0.416 e. The highest BCUT2D eigenvalue weighted by Crippen LogP contribution is 2.34. The van der Waals surface area contributed by atoms with Gasteiger partial charge in [0, 0.05) is 63.1 Å². The maximum atomic E-state index is 14.0. The van der Waals surface area contributed by atoms with Crippen LogP contribution in [0.2, 0.25) is 0 Å². The summed E-state index contributed by atoms with van der Waals surface area (Å²) in [4.78, 5) is 17.4. The Hall–Kier alpha value is -3.52. The highest BCUT2D eigenvalue weighted by Gasteiger charge is 2.34. The van der Waals surface area contributed by atoms with Gasteiger partial charge in [-0.05, 0) is 69.3 Å². The first-order chi connectivity index (χ1) is 22.4. The van der Waals surface area contributed by atoms with E-state index in [2.05, 4.69) is 21.8 Å². The number of hydrogen-bond donors (Lipinski definition) is 2. The molecule has 1 aromatic rings. The van der Waals surface area contributed by atoms with Crippen LogP contribution in [0.4, 0.5) is 13.2 Å². The van der Waals surface area contributed by atoms with Crippen LogP contribution in [0.25, 0.3) is 0 Å². The van der Waals surface area contributed by atoms with Crippen LogP contribution in [0.15, 0.2) is 59.3 Å². The first-order valence-corrected chi connectivity index (χ1v) is 16.4. The lowest BCUT2D eigenvalue weighted by molar-refractivity contribution is -0.138. The molecule has 1 saturated heterocycles. The Balaban J connectivity index is 1.73. The van der Waals surface area contributed by atoms with Crippen molar-refractivity contribution in [2.24, 2.45) is 16.9 Å². The van der Waals surface area contributed by atoms with Crippen molar-refractivity contribution < 1.29 is 18.0 Å². The molecule has 0 aromatic heterocycles. The molecule has 0 spiro atoms. The average Bonchev–Trinajstić information content (AvgIpc) is 3.04. The predicted molar refractivity (Wildman–Crippen MR) is 185 cm³/mol. The average molecular weight is 671 g/mol. The second-order valence-electron chi connectivity index (χ2n) is 12.2. The zero-order valence-electron chi connectivity index (χ0n) is 27.7. The summed E-state index contributed by atoms with van der Waals surface area (Å²) in [5.41, 5.74) is 0.375. The number of halogens is 4. The molecule has 254 valence electrons. The summed E-state index contributed by atoms with van der Waals surface area (Å²) in [6, 6.07) is 3.75. The predicted octanol–water partition coefficient (Wildman–Crippen LogP) is 6.97. The fourth-order valence-corrected chi connectivity index (χ4v) is 5.67. The first kappa shape index (κ1) is 37.9. The van der Waals surface area contributed by atoms with Crippen LogP contribution in [0.3, 0.4) is 0 Å². The molecule has 0 bridgehead atoms. The Labute approximate surface area is 282 Å². The number of carbonyl (C=O) groups excluding carboxylic acids is 1. The molecule has 2 heterocycles. The van der Waals surface area contributed by atoms with Gasteiger partial charge in [-0.2, -0.15) is 18.3 Å². The van der Waals surface area contributed by atoms with E-state index >= 15 is 0 Å². The summed E-state index contributed by atoms with van der Waals surface area (Å²) >= 11 is 6.09. The number of ketones is 1. The van der Waals surface area contributed by atoms with Crippen LogP contribution in [0.1, 0.15) is 56.7 Å². The number of benzene rings is 1. The number of carbonyl (C=O) groups is 1. The third kappa shape index (κ3) is 11.6. The topological polar surface area (TPSA) is 86.8 Å². The number of piperazine rings is 1. The number of hydrazone groups is 1. The Morgan fingerprint density at radius 3 is 2.55 bits per heavy atom. The molecule has 4 atom stereocenters. The lowest BCUT2D eigenvalue weighted by Gasteiger charge is -2.33. The van der Waals surface area contributed by atoms with E-state index in [0.717, 1.165) is 32.4 Å². The normalized spacial score (nSPS) is 19.9. The van der Waals surface area contributed by atoms with Gasteiger partial charge in [-0.25, -0.2) is 0 Å². The molecule has 2 aliphatic heterocycles. The molecule has 3 rings (SSSR count). The van der Waals surface area contributed by atoms with Gasteiger partial charge < -0.3 is 15.7 Å². The minimum Gasteiger partial charge on any atom is -0.310 e. The molecule has 0 saturated carbocycles. The molecule has 7 nitrogen and oxygen atoms in total. The second kappa shape index (κ2) is 18.1. The Bertz CT molecular complexity index is 1430. The van der Waals surface area contributed by atoms with Crippen molar-refractivity contribution in [3.63, 3.8) is 0 Å². The van der Waals surface area contributed by atoms with E-state index in [0.29, 0.717) is 30.0 Å². The highest BCUT2D eigenvalue weighted by atomic mass is 35.5. The zero-order valence-corrected chi connectivity index (χ0v) is 28.4. The number of rotatable bonds is 14. The number of likely N-dealkylation sites (N-methyl/N-ethyl adjacent to an activating group) is 1. The summed E-state index contributed by atoms with van der Waals surface area (Å²) in [5, 5.41) is 22.2. The van der Waals surface area contributed by atoms with Gasteiger partial charge in [-0.15, -0.1) is 0 Å². The minimum atomic E-state index is -4.47. The largest absolute Gasteiger partial charge is 0.416 e. The fraction of sp³-hybridized carbons (Fsp3) is 0.500. The fourth-order valence-electron chi connectivity index (χ4n) is 5.51. The molecular formula is C36H46ClF3N6O. The van der Waals surface area contributed by atoms with Crippen molar-refractivity contribution in [2.45, 2.75) is 71.3 Å². The Morgan fingerprint density at radius 1 is 1.19 bits per heavy atom. The Kier molecular flexibility index (Phi) is 14.6. The summed E-state index contributed by atoms with van der Waals surface area (Å²) in [6.07, 6.45) is 8.40. The van der Waals surface area contributed by atoms with Crippen LogP contribution >= 0.6 is 11.6 Å². The summed E-state index contributed by atoms with van der Waals surface area (Å²) in [5.74, 6) is 5.67. The van der Waals surface area contributed by atoms with Crippen molar-refractivity contribution in [1.29, 1.82) is 10.8 Å². The van der Waals surface area contributed by atoms with Gasteiger partial charge in [0.05, 0.1) is 11.6 Å². The van der Waals surface area contributed by atoms with Gasteiger partial charge in [0.15, 0.2) is 5.78 Å². The number of nitrogens with one attached hydrogen (secondary N) is 2. The molecule has 1 aromatic carbocycles. The van der Waals surface area contributed by atoms with E-state index in [-0.39, 0.29) is 41.8 Å². The van der Waals surface area contributed by atoms with E-state index in [4.69, 9.17) is 22.4 Å². The van der Waals surface area contributed by atoms with Crippen molar-refractivity contribution in [3.8, 4) is 11.8 Å². The van der Waals surface area contributed by atoms with Gasteiger partial charge in [0.25, 0.3) is 0 Å². The van der Waals surface area contributed by atoms with Crippen LogP contribution in [0.5, 0.6) is 0 Å². The molecule has 47 heavy (non-hydrogen) atoms. The van der Waals surface area contributed by atoms with Crippen LogP contribution in [0, 0.1) is 34.5 Å². The smallest absolute Gasteiger partial charge is 0.310 e. The molecule has 2 aliphatic rings. The number of hydrogen-bond acceptors (Lipinski definition) is 7. The van der Waals surface area contributed by atoms with E-state index in [1.165, 1.54) is 12.3 Å². The van der Waals surface area contributed by atoms with Gasteiger partial charge in [-0.3, -0.25) is 14.7 Å². The standard InChI is InChI=1S/C36H46ClF3N6O/c1-5-6-8-26(2)29(14-15-32(24-42)46-27(3)11-16-35(37)43-46)22-31(23-41)34(47)10-7-9-28-12-13-30(33(21-28)36(38,39)40)25-45-19-17-44(4)18-20-45/h5-6,11-13,16,21-24,26-27,29,32,41-42H,7-10,17-20,25H2,1-4H3/b6-5?,31-22+,41-23?,42-24?. The van der Waals surface area contributed by atoms with Crippen LogP contribution < -0.4 is 0 Å². The molecule has 2 N–H and O–H groups in total. The molecule has 0 amide bonds. The zero-order chi connectivity index (χ0) is 34.6. The number of nitrogens with zero attached hydrogens (tertiary/aromatic N) is 4. The maximum absolute atomic E-state index is 14.0. The molecule has 0 aliphatic carbocycles. The van der Waals surface area contributed by atoms with Crippen LogP contribution in [-0.2, 0) is 23.9 Å². The lowest BCUT2D eigenvalue weighted by atomic mass is 9.88. The monoisotopic (exact) mass is 670 g/mol. The quantitative estimate of drug-likeness (QED) is 0.0969. The summed E-state index contributed by atoms with van der Waals surface area (Å²) in [7, 11) is 2.01. The summed E-state index contributed by atoms with van der Waals surface area (Å²) in [6.45, 7) is 9.21. The van der Waals surface area contributed by atoms with Crippen molar-refractivity contribution in [3.05, 3.63) is 70.8 Å². The van der Waals surface area contributed by atoms with Crippen molar-refractivity contribution in [2.75, 3.05) is 33.2 Å². The number of alkyl halides is 3. The van der Waals surface area contributed by atoms with E-state index in [1.807, 2.05) is 50.9 Å². The highest BCUT2D eigenvalue weighted by molar-refractivity contribution is 6.68. The van der Waals surface area contributed by atoms with Gasteiger partial charge in [-0.1, -0.05) is 66.8 Å². The lowest BCUT2D eigenvalue weighted by Crippen LogP contribution is -2.44. The number of Topliss-reactive ketones (excluding diaryl/α,β-unsaturated/α-hetero) is 1. The SMILES string of the molecule is CC=CCC(C)C(C#CC(C=N)N1N=C(Cl)C=CC1C)/C=C(\C=N)C(=O)CCCc1ccc(CN2CCN(C)CC2)c(C(F)(F)F)c1. The third-order valence-corrected chi connectivity index (χ3v) is 8.71. The van der Waals surface area contributed by atoms with Crippen molar-refractivity contribution in [1.82, 2.24) is 14.8 Å². The van der Waals surface area contributed by atoms with Gasteiger partial charge in [0.2, 0.25) is 0 Å². The number of allylic oxidation sites excluding steroid dienone is 5. The molecule has 1 fully saturated rings. The first-order valence-electron chi connectivity index (χ1n) is 16.0. The van der Waals surface area contributed by atoms with Crippen molar-refractivity contribution >= 4 is 35.0 Å². The second-order valence-corrected chi connectivity index (χ2v) is 12.6. The van der Waals surface area contributed by atoms with Gasteiger partial charge >= 0.3 is 6.18 Å². The minimum absolute atomic E-state index is 0.00347. The van der Waals surface area contributed by atoms with E-state index in [9.17, 15) is 18.0 Å². The molecule has 11 heteroatoms.